The van der Waals surface area contributed by atoms with Gasteiger partial charge in [0.1, 0.15) is 6.61 Å². The molecule has 4 rings (SSSR count). The van der Waals surface area contributed by atoms with E-state index in [2.05, 4.69) is 29.6 Å². The highest BCUT2D eigenvalue weighted by molar-refractivity contribution is 5.79. The molecule has 0 radical (unpaired) electrons. The van der Waals surface area contributed by atoms with Crippen LogP contribution in [-0.4, -0.2) is 23.8 Å². The van der Waals surface area contributed by atoms with Gasteiger partial charge in [0.15, 0.2) is 0 Å². The van der Waals surface area contributed by atoms with Crippen LogP contribution in [0.5, 0.6) is 0 Å². The van der Waals surface area contributed by atoms with Crippen LogP contribution < -0.4 is 5.32 Å². The Labute approximate surface area is 171 Å². The maximum Gasteiger partial charge on any atom is 0.407 e. The minimum Gasteiger partial charge on any atom is -0.449 e. The molecule has 0 aromatic heterocycles. The largest absolute Gasteiger partial charge is 0.449 e. The fourth-order valence-electron chi connectivity index (χ4n) is 4.05. The summed E-state index contributed by atoms with van der Waals surface area (Å²) in [5.74, 6) is 0.0402. The summed E-state index contributed by atoms with van der Waals surface area (Å²) >= 11 is 0. The molecule has 0 heterocycles. The molecule has 3 aromatic carbocycles. The SMILES string of the molecule is CC(CC(O)c1ccccc1)NC(=O)OCC1c2ccccc2-c2ccccc21. The molecule has 0 aliphatic heterocycles. The van der Waals surface area contributed by atoms with Crippen LogP contribution in [0, 0.1) is 0 Å². The van der Waals surface area contributed by atoms with Gasteiger partial charge in [-0.05, 0) is 41.2 Å². The summed E-state index contributed by atoms with van der Waals surface area (Å²) < 4.78 is 5.57. The first-order chi connectivity index (χ1) is 14.1. The molecule has 1 aliphatic rings. The molecule has 0 fully saturated rings. The molecule has 1 aliphatic carbocycles. The predicted molar refractivity (Wildman–Crippen MR) is 114 cm³/mol. The topological polar surface area (TPSA) is 58.6 Å². The van der Waals surface area contributed by atoms with Gasteiger partial charge >= 0.3 is 6.09 Å². The normalized spacial score (nSPS) is 14.6. The van der Waals surface area contributed by atoms with Gasteiger partial charge in [-0.25, -0.2) is 4.79 Å². The zero-order chi connectivity index (χ0) is 20.2. The Balaban J connectivity index is 1.35. The number of aliphatic hydroxyl groups excluding tert-OH is 1. The Bertz CT molecular complexity index is 941. The average Bonchev–Trinajstić information content (AvgIpc) is 3.06. The molecule has 3 aromatic rings. The smallest absolute Gasteiger partial charge is 0.407 e. The fraction of sp³-hybridized carbons (Fsp3) is 0.240. The van der Waals surface area contributed by atoms with Gasteiger partial charge in [0, 0.05) is 12.0 Å². The second-order valence-electron chi connectivity index (χ2n) is 7.53. The number of ether oxygens (including phenoxy) is 1. The number of hydrogen-bond donors (Lipinski definition) is 2. The standard InChI is InChI=1S/C25H25NO3/c1-17(15-24(27)18-9-3-2-4-10-18)26-25(28)29-16-23-21-13-7-5-11-19(21)20-12-6-8-14-22(20)23/h2-14,17,23-24,27H,15-16H2,1H3,(H,26,28). The van der Waals surface area contributed by atoms with Crippen LogP contribution in [0.3, 0.4) is 0 Å². The number of fused-ring (bicyclic) bond motifs is 3. The van der Waals surface area contributed by atoms with Gasteiger partial charge in [-0.3, -0.25) is 0 Å². The molecular formula is C25H25NO3. The van der Waals surface area contributed by atoms with E-state index < -0.39 is 12.2 Å². The van der Waals surface area contributed by atoms with Crippen LogP contribution in [0.4, 0.5) is 4.79 Å². The number of aliphatic hydroxyl groups is 1. The van der Waals surface area contributed by atoms with E-state index in [1.807, 2.05) is 61.5 Å². The summed E-state index contributed by atoms with van der Waals surface area (Å²) in [5.41, 5.74) is 5.63. The van der Waals surface area contributed by atoms with Gasteiger partial charge in [-0.1, -0.05) is 78.9 Å². The molecule has 4 heteroatoms. The number of nitrogens with one attached hydrogen (secondary N) is 1. The first-order valence-corrected chi connectivity index (χ1v) is 9.98. The second-order valence-corrected chi connectivity index (χ2v) is 7.53. The fourth-order valence-corrected chi connectivity index (χ4v) is 4.05. The molecule has 2 unspecified atom stereocenters. The Hall–Kier alpha value is -3.11. The Morgan fingerprint density at radius 1 is 0.931 bits per heavy atom. The van der Waals surface area contributed by atoms with E-state index in [0.29, 0.717) is 6.42 Å². The van der Waals surface area contributed by atoms with Crippen LogP contribution in [0.25, 0.3) is 11.1 Å². The molecule has 1 amide bonds. The lowest BCUT2D eigenvalue weighted by Crippen LogP contribution is -2.35. The molecule has 29 heavy (non-hydrogen) atoms. The summed E-state index contributed by atoms with van der Waals surface area (Å²) in [7, 11) is 0. The van der Waals surface area contributed by atoms with Crippen molar-refractivity contribution >= 4 is 6.09 Å². The monoisotopic (exact) mass is 387 g/mol. The number of benzene rings is 3. The molecule has 0 saturated carbocycles. The number of amides is 1. The van der Waals surface area contributed by atoms with Gasteiger partial charge < -0.3 is 15.2 Å². The molecule has 0 saturated heterocycles. The molecular weight excluding hydrogens is 362 g/mol. The minimum atomic E-state index is -0.625. The number of alkyl carbamates (subject to hydrolysis) is 1. The third kappa shape index (κ3) is 4.17. The summed E-state index contributed by atoms with van der Waals surface area (Å²) in [6, 6.07) is 25.8. The van der Waals surface area contributed by atoms with Crippen molar-refractivity contribution in [1.82, 2.24) is 5.32 Å². The molecule has 2 atom stereocenters. The molecule has 0 bridgehead atoms. The Morgan fingerprint density at radius 3 is 2.10 bits per heavy atom. The summed E-state index contributed by atoms with van der Waals surface area (Å²) in [4.78, 5) is 12.3. The lowest BCUT2D eigenvalue weighted by molar-refractivity contribution is 0.127. The summed E-state index contributed by atoms with van der Waals surface area (Å²) in [5, 5.41) is 13.2. The van der Waals surface area contributed by atoms with Crippen LogP contribution in [0.15, 0.2) is 78.9 Å². The second kappa shape index (κ2) is 8.50. The Morgan fingerprint density at radius 2 is 1.48 bits per heavy atom. The van der Waals surface area contributed by atoms with Crippen molar-refractivity contribution in [2.45, 2.75) is 31.4 Å². The highest BCUT2D eigenvalue weighted by atomic mass is 16.5. The van der Waals surface area contributed by atoms with Gasteiger partial charge in [-0.2, -0.15) is 0 Å². The van der Waals surface area contributed by atoms with Crippen molar-refractivity contribution in [3.8, 4) is 11.1 Å². The van der Waals surface area contributed by atoms with E-state index >= 15 is 0 Å². The average molecular weight is 387 g/mol. The van der Waals surface area contributed by atoms with Crippen LogP contribution in [-0.2, 0) is 4.74 Å². The van der Waals surface area contributed by atoms with Crippen molar-refractivity contribution < 1.29 is 14.6 Å². The van der Waals surface area contributed by atoms with Crippen molar-refractivity contribution in [1.29, 1.82) is 0 Å². The molecule has 2 N–H and O–H groups in total. The minimum absolute atomic E-state index is 0.0402. The molecule has 0 spiro atoms. The van der Waals surface area contributed by atoms with Gasteiger partial charge in [0.25, 0.3) is 0 Å². The van der Waals surface area contributed by atoms with E-state index in [9.17, 15) is 9.90 Å². The maximum atomic E-state index is 12.3. The van der Waals surface area contributed by atoms with Crippen molar-refractivity contribution in [2.24, 2.45) is 0 Å². The number of carbonyl (C=O) groups excluding carboxylic acids is 1. The summed E-state index contributed by atoms with van der Waals surface area (Å²) in [6.45, 7) is 2.15. The van der Waals surface area contributed by atoms with Crippen LogP contribution in [0.2, 0.25) is 0 Å². The zero-order valence-corrected chi connectivity index (χ0v) is 16.4. The third-order valence-corrected chi connectivity index (χ3v) is 5.47. The van der Waals surface area contributed by atoms with Gasteiger partial charge in [-0.15, -0.1) is 0 Å². The van der Waals surface area contributed by atoms with E-state index in [-0.39, 0.29) is 18.6 Å². The van der Waals surface area contributed by atoms with E-state index in [4.69, 9.17) is 4.74 Å². The molecule has 148 valence electrons. The number of carbonyl (C=O) groups is 1. The first kappa shape index (κ1) is 19.2. The van der Waals surface area contributed by atoms with E-state index in [0.717, 1.165) is 5.56 Å². The maximum absolute atomic E-state index is 12.3. The molecule has 4 nitrogen and oxygen atoms in total. The van der Waals surface area contributed by atoms with Gasteiger partial charge in [0.2, 0.25) is 0 Å². The highest BCUT2D eigenvalue weighted by Gasteiger charge is 2.29. The van der Waals surface area contributed by atoms with E-state index in [1.54, 1.807) is 0 Å². The van der Waals surface area contributed by atoms with Crippen LogP contribution >= 0.6 is 0 Å². The first-order valence-electron chi connectivity index (χ1n) is 9.98. The van der Waals surface area contributed by atoms with Crippen LogP contribution in [0.1, 0.15) is 42.1 Å². The van der Waals surface area contributed by atoms with Crippen molar-refractivity contribution in [2.75, 3.05) is 6.61 Å². The lowest BCUT2D eigenvalue weighted by atomic mass is 9.98. The van der Waals surface area contributed by atoms with Crippen molar-refractivity contribution in [3.05, 3.63) is 95.6 Å². The Kier molecular flexibility index (Phi) is 5.63. The third-order valence-electron chi connectivity index (χ3n) is 5.47. The quantitative estimate of drug-likeness (QED) is 0.623. The number of rotatable bonds is 6. The highest BCUT2D eigenvalue weighted by Crippen LogP contribution is 2.44. The summed E-state index contributed by atoms with van der Waals surface area (Å²) in [6.07, 6.45) is -0.659. The van der Waals surface area contributed by atoms with E-state index in [1.165, 1.54) is 22.3 Å². The number of hydrogen-bond acceptors (Lipinski definition) is 3. The van der Waals surface area contributed by atoms with Crippen molar-refractivity contribution in [3.63, 3.8) is 0 Å². The predicted octanol–water partition coefficient (Wildman–Crippen LogP) is 5.04. The lowest BCUT2D eigenvalue weighted by Gasteiger charge is -2.19. The zero-order valence-electron chi connectivity index (χ0n) is 16.4. The van der Waals surface area contributed by atoms with Gasteiger partial charge in [0.05, 0.1) is 6.10 Å².